The molecule has 1 fully saturated rings. The van der Waals surface area contributed by atoms with Crippen molar-refractivity contribution >= 4 is 5.78 Å². The molecule has 0 N–H and O–H groups in total. The van der Waals surface area contributed by atoms with E-state index in [1.165, 1.54) is 0 Å². The highest BCUT2D eigenvalue weighted by Crippen LogP contribution is 2.40. The predicted molar refractivity (Wildman–Crippen MR) is 76.1 cm³/mol. The molecule has 21 heavy (non-hydrogen) atoms. The van der Waals surface area contributed by atoms with E-state index in [9.17, 15) is 18.0 Å². The number of Topliss-reactive ketones (excluding diaryl/α,β-unsaturated/α-hetero) is 1. The summed E-state index contributed by atoms with van der Waals surface area (Å²) in [5.41, 5.74) is 3.16. The molecule has 1 aromatic rings. The molecule has 0 heterocycles. The van der Waals surface area contributed by atoms with Crippen molar-refractivity contribution in [1.29, 1.82) is 0 Å². The van der Waals surface area contributed by atoms with Crippen molar-refractivity contribution in [3.8, 4) is 0 Å². The Morgan fingerprint density at radius 3 is 2.52 bits per heavy atom. The second-order valence-corrected chi connectivity index (χ2v) is 6.16. The Morgan fingerprint density at radius 1 is 1.19 bits per heavy atom. The van der Waals surface area contributed by atoms with Gasteiger partial charge in [0, 0.05) is 12.3 Å². The first-order chi connectivity index (χ1) is 9.77. The zero-order chi connectivity index (χ0) is 15.6. The average molecular weight is 298 g/mol. The van der Waals surface area contributed by atoms with Crippen LogP contribution in [-0.2, 0) is 11.2 Å². The van der Waals surface area contributed by atoms with E-state index in [2.05, 4.69) is 0 Å². The van der Waals surface area contributed by atoms with Gasteiger partial charge in [0.2, 0.25) is 0 Å². The molecule has 0 amide bonds. The number of benzene rings is 1. The number of hydrogen-bond donors (Lipinski definition) is 0. The number of alkyl halides is 3. The number of halogens is 3. The minimum atomic E-state index is -4.17. The normalized spacial score (nSPS) is 23.1. The summed E-state index contributed by atoms with van der Waals surface area (Å²) in [5.74, 6) is -1.79. The lowest BCUT2D eigenvalue weighted by molar-refractivity contribution is -0.186. The van der Waals surface area contributed by atoms with Crippen LogP contribution in [0.5, 0.6) is 0 Å². The van der Waals surface area contributed by atoms with E-state index in [0.29, 0.717) is 12.8 Å². The number of ketones is 1. The molecule has 1 nitrogen and oxygen atoms in total. The molecule has 2 unspecified atom stereocenters. The Hall–Kier alpha value is -1.32. The van der Waals surface area contributed by atoms with Crippen LogP contribution in [0, 0.1) is 25.7 Å². The van der Waals surface area contributed by atoms with Crippen molar-refractivity contribution in [2.45, 2.75) is 52.1 Å². The second-order valence-electron chi connectivity index (χ2n) is 6.16. The van der Waals surface area contributed by atoms with Crippen LogP contribution < -0.4 is 0 Å². The monoisotopic (exact) mass is 298 g/mol. The maximum Gasteiger partial charge on any atom is 0.391 e. The maximum absolute atomic E-state index is 12.8. The van der Waals surface area contributed by atoms with Gasteiger partial charge in [0.25, 0.3) is 0 Å². The van der Waals surface area contributed by atoms with Crippen molar-refractivity contribution in [3.05, 3.63) is 34.9 Å². The first kappa shape index (κ1) is 16.1. The fourth-order valence-corrected chi connectivity index (χ4v) is 3.04. The highest BCUT2D eigenvalue weighted by Gasteiger charge is 2.43. The van der Waals surface area contributed by atoms with Crippen LogP contribution in [0.15, 0.2) is 18.2 Å². The fraction of sp³-hybridized carbons (Fsp3) is 0.588. The van der Waals surface area contributed by atoms with Gasteiger partial charge in [-0.2, -0.15) is 13.2 Å². The zero-order valence-corrected chi connectivity index (χ0v) is 12.5. The summed E-state index contributed by atoms with van der Waals surface area (Å²) in [6.45, 7) is 3.97. The van der Waals surface area contributed by atoms with Crippen molar-refractivity contribution in [1.82, 2.24) is 0 Å². The van der Waals surface area contributed by atoms with Crippen LogP contribution >= 0.6 is 0 Å². The quantitative estimate of drug-likeness (QED) is 0.784. The first-order valence-corrected chi connectivity index (χ1v) is 7.43. The van der Waals surface area contributed by atoms with Crippen molar-refractivity contribution < 1.29 is 18.0 Å². The molecule has 1 aliphatic carbocycles. The summed E-state index contributed by atoms with van der Waals surface area (Å²) in [7, 11) is 0. The van der Waals surface area contributed by atoms with Gasteiger partial charge < -0.3 is 0 Å². The molecule has 1 aliphatic rings. The molecule has 1 saturated carbocycles. The largest absolute Gasteiger partial charge is 0.391 e. The molecule has 0 spiro atoms. The molecule has 1 aromatic carbocycles. The molecule has 4 heteroatoms. The van der Waals surface area contributed by atoms with Gasteiger partial charge in [0.15, 0.2) is 0 Å². The highest BCUT2D eigenvalue weighted by molar-refractivity contribution is 5.83. The molecular weight excluding hydrogens is 277 g/mol. The second kappa shape index (κ2) is 6.20. The topological polar surface area (TPSA) is 17.1 Å². The van der Waals surface area contributed by atoms with Gasteiger partial charge in [-0.1, -0.05) is 24.6 Å². The lowest BCUT2D eigenvalue weighted by Crippen LogP contribution is -2.32. The predicted octanol–water partition coefficient (Wildman–Crippen LogP) is 4.78. The third kappa shape index (κ3) is 4.08. The Balaban J connectivity index is 2.01. The van der Waals surface area contributed by atoms with E-state index in [0.717, 1.165) is 16.7 Å². The van der Waals surface area contributed by atoms with Crippen molar-refractivity contribution in [2.24, 2.45) is 11.8 Å². The minimum absolute atomic E-state index is 0.0345. The number of carbonyl (C=O) groups excluding carboxylic acids is 1. The van der Waals surface area contributed by atoms with Gasteiger partial charge in [0.1, 0.15) is 5.78 Å². The summed E-state index contributed by atoms with van der Waals surface area (Å²) < 4.78 is 38.4. The fourth-order valence-electron chi connectivity index (χ4n) is 3.04. The molecule has 0 aromatic heterocycles. The summed E-state index contributed by atoms with van der Waals surface area (Å²) in [4.78, 5) is 12.3. The molecule has 0 radical (unpaired) electrons. The summed E-state index contributed by atoms with van der Waals surface area (Å²) in [6.07, 6.45) is -2.70. The molecule has 2 rings (SSSR count). The molecule has 116 valence electrons. The third-order valence-electron chi connectivity index (χ3n) is 4.54. The SMILES string of the molecule is Cc1ccc(CC(=O)C2CCCC(C(F)(F)F)C2)cc1C. The number of rotatable bonds is 3. The van der Waals surface area contributed by atoms with Gasteiger partial charge in [-0.25, -0.2) is 0 Å². The highest BCUT2D eigenvalue weighted by atomic mass is 19.4. The third-order valence-corrected chi connectivity index (χ3v) is 4.54. The van der Waals surface area contributed by atoms with E-state index in [1.54, 1.807) is 0 Å². The van der Waals surface area contributed by atoms with Gasteiger partial charge in [-0.15, -0.1) is 0 Å². The summed E-state index contributed by atoms with van der Waals surface area (Å²) in [6, 6.07) is 5.80. The van der Waals surface area contributed by atoms with E-state index < -0.39 is 18.0 Å². The van der Waals surface area contributed by atoms with Crippen LogP contribution in [-0.4, -0.2) is 12.0 Å². The summed E-state index contributed by atoms with van der Waals surface area (Å²) in [5, 5.41) is 0. The van der Waals surface area contributed by atoms with E-state index in [-0.39, 0.29) is 25.0 Å². The van der Waals surface area contributed by atoms with Gasteiger partial charge >= 0.3 is 6.18 Å². The summed E-state index contributed by atoms with van der Waals surface area (Å²) >= 11 is 0. The van der Waals surface area contributed by atoms with Gasteiger partial charge in [-0.05, 0) is 49.8 Å². The van der Waals surface area contributed by atoms with Crippen LogP contribution in [0.3, 0.4) is 0 Å². The average Bonchev–Trinajstić information content (AvgIpc) is 2.42. The van der Waals surface area contributed by atoms with Gasteiger partial charge in [-0.3, -0.25) is 4.79 Å². The van der Waals surface area contributed by atoms with Crippen molar-refractivity contribution in [2.75, 3.05) is 0 Å². The standard InChI is InChI=1S/C17H21F3O/c1-11-6-7-13(8-12(11)2)9-16(21)14-4-3-5-15(10-14)17(18,19)20/h6-8,14-15H,3-5,9-10H2,1-2H3. The molecule has 0 bridgehead atoms. The molecule has 0 aliphatic heterocycles. The van der Waals surface area contributed by atoms with E-state index in [4.69, 9.17) is 0 Å². The van der Waals surface area contributed by atoms with Crippen LogP contribution in [0.2, 0.25) is 0 Å². The zero-order valence-electron chi connectivity index (χ0n) is 12.5. The molecule has 2 atom stereocenters. The van der Waals surface area contributed by atoms with Crippen molar-refractivity contribution in [3.63, 3.8) is 0 Å². The van der Waals surface area contributed by atoms with E-state index in [1.807, 2.05) is 32.0 Å². The Kier molecular flexibility index (Phi) is 4.74. The molecular formula is C17H21F3O. The number of aryl methyl sites for hydroxylation is 2. The lowest BCUT2D eigenvalue weighted by Gasteiger charge is -2.29. The Bertz CT molecular complexity index is 519. The van der Waals surface area contributed by atoms with Crippen LogP contribution in [0.25, 0.3) is 0 Å². The van der Waals surface area contributed by atoms with Gasteiger partial charge in [0.05, 0.1) is 5.92 Å². The molecule has 0 saturated heterocycles. The maximum atomic E-state index is 12.8. The number of carbonyl (C=O) groups is 1. The van der Waals surface area contributed by atoms with E-state index >= 15 is 0 Å². The van der Waals surface area contributed by atoms with Crippen LogP contribution in [0.4, 0.5) is 13.2 Å². The van der Waals surface area contributed by atoms with Crippen LogP contribution in [0.1, 0.15) is 42.4 Å². The lowest BCUT2D eigenvalue weighted by atomic mass is 9.78. The Labute approximate surface area is 123 Å². The minimum Gasteiger partial charge on any atom is -0.299 e. The first-order valence-electron chi connectivity index (χ1n) is 7.43. The number of hydrogen-bond acceptors (Lipinski definition) is 1. The smallest absolute Gasteiger partial charge is 0.299 e. The Morgan fingerprint density at radius 2 is 1.90 bits per heavy atom.